The van der Waals surface area contributed by atoms with Gasteiger partial charge in [-0.05, 0) is 56.0 Å². The number of rotatable bonds is 8. The summed E-state index contributed by atoms with van der Waals surface area (Å²) in [5.41, 5.74) is 2.53. The first kappa shape index (κ1) is 21.0. The fourth-order valence-electron chi connectivity index (χ4n) is 3.62. The molecule has 0 spiro atoms. The van der Waals surface area contributed by atoms with E-state index in [1.807, 2.05) is 14.1 Å². The molecule has 1 unspecified atom stereocenters. The predicted molar refractivity (Wildman–Crippen MR) is 107 cm³/mol. The quantitative estimate of drug-likeness (QED) is 0.644. The number of hydrogen-bond acceptors (Lipinski definition) is 4. The molecule has 27 heavy (non-hydrogen) atoms. The Morgan fingerprint density at radius 1 is 1.22 bits per heavy atom. The van der Waals surface area contributed by atoms with Crippen LogP contribution in [0, 0.1) is 5.92 Å². The average Bonchev–Trinajstić information content (AvgIpc) is 2.66. The Hall–Kier alpha value is -2.28. The van der Waals surface area contributed by atoms with Crippen LogP contribution in [-0.4, -0.2) is 68.8 Å². The van der Waals surface area contributed by atoms with E-state index < -0.39 is 6.09 Å². The van der Waals surface area contributed by atoms with Crippen molar-refractivity contribution >= 4 is 17.7 Å². The molecule has 1 aliphatic rings. The summed E-state index contributed by atoms with van der Waals surface area (Å²) in [6, 6.07) is 8.32. The van der Waals surface area contributed by atoms with Crippen molar-refractivity contribution in [1.82, 2.24) is 15.5 Å². The van der Waals surface area contributed by atoms with Crippen molar-refractivity contribution in [2.24, 2.45) is 5.92 Å². The van der Waals surface area contributed by atoms with Gasteiger partial charge in [-0.15, -0.1) is 0 Å². The molecule has 1 saturated heterocycles. The number of hydrogen-bond donors (Lipinski definition) is 3. The summed E-state index contributed by atoms with van der Waals surface area (Å²) in [5, 5.41) is 14.2. The molecule has 7 nitrogen and oxygen atoms in total. The lowest BCUT2D eigenvalue weighted by Crippen LogP contribution is -2.47. The normalized spacial score (nSPS) is 16.6. The number of carbonyl (C=O) groups is 2. The number of benzene rings is 1. The summed E-state index contributed by atoms with van der Waals surface area (Å²) in [6.07, 6.45) is 1.95. The van der Waals surface area contributed by atoms with E-state index in [0.717, 1.165) is 38.9 Å². The Morgan fingerprint density at radius 2 is 1.85 bits per heavy atom. The number of anilines is 1. The first-order chi connectivity index (χ1) is 12.9. The number of piperidine rings is 1. The summed E-state index contributed by atoms with van der Waals surface area (Å²) in [4.78, 5) is 27.3. The summed E-state index contributed by atoms with van der Waals surface area (Å²) in [6.45, 7) is 2.87. The first-order valence-corrected chi connectivity index (χ1v) is 9.57. The maximum absolute atomic E-state index is 11.7. The van der Waals surface area contributed by atoms with Crippen LogP contribution in [0.4, 0.5) is 10.5 Å². The number of nitrogens with one attached hydrogen (secondary N) is 2. The number of carbonyl (C=O) groups excluding carboxylic acids is 1. The zero-order chi connectivity index (χ0) is 19.8. The molecule has 7 heteroatoms. The minimum Gasteiger partial charge on any atom is -0.465 e. The molecule has 1 fully saturated rings. The molecule has 150 valence electrons. The van der Waals surface area contributed by atoms with Crippen LogP contribution in [0.2, 0.25) is 0 Å². The molecule has 1 atom stereocenters. The van der Waals surface area contributed by atoms with E-state index >= 15 is 0 Å². The third-order valence-electron chi connectivity index (χ3n) is 5.36. The molecule has 3 N–H and O–H groups in total. The summed E-state index contributed by atoms with van der Waals surface area (Å²) >= 11 is 0. The molecule has 0 bridgehead atoms. The second-order valence-electron chi connectivity index (χ2n) is 7.42. The van der Waals surface area contributed by atoms with Gasteiger partial charge in [0.25, 0.3) is 0 Å². The van der Waals surface area contributed by atoms with Gasteiger partial charge < -0.3 is 25.5 Å². The second-order valence-corrected chi connectivity index (χ2v) is 7.42. The van der Waals surface area contributed by atoms with Gasteiger partial charge in [-0.2, -0.15) is 0 Å². The van der Waals surface area contributed by atoms with Gasteiger partial charge in [-0.25, -0.2) is 4.79 Å². The van der Waals surface area contributed by atoms with E-state index in [0.29, 0.717) is 0 Å². The smallest absolute Gasteiger partial charge is 0.404 e. The Kier molecular flexibility index (Phi) is 7.91. The van der Waals surface area contributed by atoms with Gasteiger partial charge in [0.05, 0.1) is 0 Å². The lowest BCUT2D eigenvalue weighted by atomic mass is 9.87. The van der Waals surface area contributed by atoms with Crippen molar-refractivity contribution in [2.75, 3.05) is 45.7 Å². The minimum absolute atomic E-state index is 0.127. The first-order valence-electron chi connectivity index (χ1n) is 9.57. The maximum Gasteiger partial charge on any atom is 0.404 e. The van der Waals surface area contributed by atoms with Crippen LogP contribution < -0.4 is 15.5 Å². The Morgan fingerprint density at radius 3 is 2.37 bits per heavy atom. The van der Waals surface area contributed by atoms with Crippen LogP contribution in [0.25, 0.3) is 0 Å². The highest BCUT2D eigenvalue weighted by molar-refractivity contribution is 5.77. The molecular formula is C20H32N4O3. The van der Waals surface area contributed by atoms with Crippen molar-refractivity contribution in [1.29, 1.82) is 0 Å². The Labute approximate surface area is 161 Å². The lowest BCUT2D eigenvalue weighted by molar-refractivity contribution is -0.121. The predicted octanol–water partition coefficient (Wildman–Crippen LogP) is 1.78. The van der Waals surface area contributed by atoms with E-state index in [1.54, 1.807) is 7.05 Å². The van der Waals surface area contributed by atoms with Gasteiger partial charge in [-0.1, -0.05) is 12.1 Å². The number of amides is 2. The fraction of sp³-hybridized carbons (Fsp3) is 0.600. The van der Waals surface area contributed by atoms with Crippen molar-refractivity contribution in [3.63, 3.8) is 0 Å². The van der Waals surface area contributed by atoms with Gasteiger partial charge in [0.1, 0.15) is 0 Å². The van der Waals surface area contributed by atoms with Gasteiger partial charge in [0.15, 0.2) is 0 Å². The monoisotopic (exact) mass is 376 g/mol. The Balaban J connectivity index is 1.80. The second kappa shape index (κ2) is 10.2. The standard InChI is InChI=1S/C20H32N4O3/c1-21-19(25)14-18(22-20(26)27)16-9-12-24(13-10-16)11-8-15-4-6-17(7-5-15)23(2)3/h4-7,16,18,22H,8-14H2,1-3H3,(H,21,25)(H,26,27). The third-order valence-corrected chi connectivity index (χ3v) is 5.36. The largest absolute Gasteiger partial charge is 0.465 e. The molecule has 2 rings (SSSR count). The molecule has 0 aromatic heterocycles. The molecule has 1 aromatic rings. The van der Waals surface area contributed by atoms with Crippen LogP contribution in [0.1, 0.15) is 24.8 Å². The third kappa shape index (κ3) is 6.75. The highest BCUT2D eigenvalue weighted by atomic mass is 16.4. The van der Waals surface area contributed by atoms with Crippen LogP contribution in [-0.2, 0) is 11.2 Å². The number of nitrogens with zero attached hydrogens (tertiary/aromatic N) is 2. The Bertz CT molecular complexity index is 610. The van der Waals surface area contributed by atoms with Crippen LogP contribution >= 0.6 is 0 Å². The molecular weight excluding hydrogens is 344 g/mol. The van der Waals surface area contributed by atoms with Crippen LogP contribution in [0.5, 0.6) is 0 Å². The van der Waals surface area contributed by atoms with Gasteiger partial charge in [0.2, 0.25) is 5.91 Å². The van der Waals surface area contributed by atoms with Gasteiger partial charge >= 0.3 is 6.09 Å². The fourth-order valence-corrected chi connectivity index (χ4v) is 3.62. The minimum atomic E-state index is -1.06. The van der Waals surface area contributed by atoms with Crippen molar-refractivity contribution in [3.8, 4) is 0 Å². The average molecular weight is 377 g/mol. The topological polar surface area (TPSA) is 84.9 Å². The highest BCUT2D eigenvalue weighted by Gasteiger charge is 2.29. The molecule has 1 aromatic carbocycles. The van der Waals surface area contributed by atoms with Crippen molar-refractivity contribution in [2.45, 2.75) is 31.7 Å². The van der Waals surface area contributed by atoms with Crippen LogP contribution in [0.15, 0.2) is 24.3 Å². The molecule has 0 aliphatic carbocycles. The molecule has 0 saturated carbocycles. The van der Waals surface area contributed by atoms with E-state index in [1.165, 1.54) is 11.3 Å². The summed E-state index contributed by atoms with van der Waals surface area (Å²) in [5.74, 6) is 0.0753. The zero-order valence-corrected chi connectivity index (χ0v) is 16.6. The highest BCUT2D eigenvalue weighted by Crippen LogP contribution is 2.23. The molecule has 1 aliphatic heterocycles. The van der Waals surface area contributed by atoms with Gasteiger partial charge in [-0.3, -0.25) is 4.79 Å². The van der Waals surface area contributed by atoms with E-state index in [2.05, 4.69) is 44.7 Å². The maximum atomic E-state index is 11.7. The molecule has 1 heterocycles. The van der Waals surface area contributed by atoms with E-state index in [-0.39, 0.29) is 24.3 Å². The number of likely N-dealkylation sites (tertiary alicyclic amines) is 1. The van der Waals surface area contributed by atoms with E-state index in [9.17, 15) is 9.59 Å². The van der Waals surface area contributed by atoms with E-state index in [4.69, 9.17) is 5.11 Å². The lowest BCUT2D eigenvalue weighted by Gasteiger charge is -2.35. The van der Waals surface area contributed by atoms with Crippen molar-refractivity contribution in [3.05, 3.63) is 29.8 Å². The van der Waals surface area contributed by atoms with Crippen LogP contribution in [0.3, 0.4) is 0 Å². The molecule has 0 radical (unpaired) electrons. The molecule has 2 amide bonds. The number of carboxylic acid groups (broad SMARTS) is 1. The SMILES string of the molecule is CNC(=O)CC(NC(=O)O)C1CCN(CCc2ccc(N(C)C)cc2)CC1. The summed E-state index contributed by atoms with van der Waals surface area (Å²) in [7, 11) is 5.65. The zero-order valence-electron chi connectivity index (χ0n) is 16.6. The van der Waals surface area contributed by atoms with Gasteiger partial charge in [0, 0.05) is 45.8 Å². The van der Waals surface area contributed by atoms with Crippen molar-refractivity contribution < 1.29 is 14.7 Å². The summed E-state index contributed by atoms with van der Waals surface area (Å²) < 4.78 is 0.